The molecule has 0 unspecified atom stereocenters. The van der Waals surface area contributed by atoms with Gasteiger partial charge in [-0.1, -0.05) is 30.3 Å². The van der Waals surface area contributed by atoms with Crippen molar-refractivity contribution >= 4 is 31.4 Å². The molecule has 0 atom stereocenters. The van der Waals surface area contributed by atoms with Crippen LogP contribution in [0.2, 0.25) is 0 Å². The lowest BCUT2D eigenvalue weighted by atomic mass is 10.1. The van der Waals surface area contributed by atoms with E-state index in [1.165, 1.54) is 36.4 Å². The van der Waals surface area contributed by atoms with Gasteiger partial charge in [0.1, 0.15) is 0 Å². The van der Waals surface area contributed by atoms with E-state index < -0.39 is 20.0 Å². The van der Waals surface area contributed by atoms with Crippen molar-refractivity contribution in [2.45, 2.75) is 23.6 Å². The lowest BCUT2D eigenvalue weighted by Crippen LogP contribution is -2.15. The Kier molecular flexibility index (Phi) is 5.44. The summed E-state index contributed by atoms with van der Waals surface area (Å²) in [5.41, 5.74) is 2.53. The van der Waals surface area contributed by atoms with Crippen LogP contribution in [0.1, 0.15) is 11.1 Å². The van der Waals surface area contributed by atoms with E-state index in [0.717, 1.165) is 11.1 Å². The van der Waals surface area contributed by atoms with Gasteiger partial charge < -0.3 is 0 Å². The number of rotatable bonds is 6. The summed E-state index contributed by atoms with van der Waals surface area (Å²) in [6, 6.07) is 19.0. The second-order valence-corrected chi connectivity index (χ2v) is 9.73. The van der Waals surface area contributed by atoms with E-state index in [9.17, 15) is 16.8 Å². The molecule has 0 saturated carbocycles. The van der Waals surface area contributed by atoms with E-state index in [4.69, 9.17) is 0 Å². The summed E-state index contributed by atoms with van der Waals surface area (Å²) in [6.07, 6.45) is 0. The topological polar surface area (TPSA) is 92.3 Å². The first-order valence-corrected chi connectivity index (χ1v) is 11.4. The molecule has 0 saturated heterocycles. The van der Waals surface area contributed by atoms with Crippen LogP contribution in [0.25, 0.3) is 0 Å². The van der Waals surface area contributed by atoms with Gasteiger partial charge in [-0.05, 0) is 67.4 Å². The largest absolute Gasteiger partial charge is 0.280 e. The van der Waals surface area contributed by atoms with E-state index in [-0.39, 0.29) is 15.5 Å². The third kappa shape index (κ3) is 4.52. The second-order valence-electron chi connectivity index (χ2n) is 6.37. The van der Waals surface area contributed by atoms with Crippen molar-refractivity contribution in [2.24, 2.45) is 0 Å². The smallest absolute Gasteiger partial charge is 0.261 e. The van der Waals surface area contributed by atoms with Crippen molar-refractivity contribution in [3.8, 4) is 0 Å². The van der Waals surface area contributed by atoms with Crippen LogP contribution in [0.5, 0.6) is 0 Å². The van der Waals surface area contributed by atoms with Crippen LogP contribution in [0.3, 0.4) is 0 Å². The lowest BCUT2D eigenvalue weighted by molar-refractivity contribution is 0.600. The highest BCUT2D eigenvalue weighted by Crippen LogP contribution is 2.23. The van der Waals surface area contributed by atoms with Gasteiger partial charge >= 0.3 is 0 Å². The van der Waals surface area contributed by atoms with E-state index >= 15 is 0 Å². The minimum absolute atomic E-state index is 0.0380. The van der Waals surface area contributed by atoms with Crippen LogP contribution in [0.4, 0.5) is 11.4 Å². The molecule has 3 rings (SSSR count). The average molecular weight is 417 g/mol. The second kappa shape index (κ2) is 7.65. The zero-order chi connectivity index (χ0) is 20.4. The molecule has 0 amide bonds. The molecule has 6 nitrogen and oxygen atoms in total. The molecule has 0 aliphatic carbocycles. The number of aryl methyl sites for hydroxylation is 2. The Labute approximate surface area is 165 Å². The van der Waals surface area contributed by atoms with E-state index in [0.29, 0.717) is 5.69 Å². The average Bonchev–Trinajstić information content (AvgIpc) is 2.65. The number of hydrogen-bond donors (Lipinski definition) is 2. The van der Waals surface area contributed by atoms with Crippen LogP contribution < -0.4 is 9.44 Å². The molecule has 3 aromatic rings. The summed E-state index contributed by atoms with van der Waals surface area (Å²) in [7, 11) is -7.53. The van der Waals surface area contributed by atoms with Gasteiger partial charge in [-0.15, -0.1) is 0 Å². The summed E-state index contributed by atoms with van der Waals surface area (Å²) >= 11 is 0. The van der Waals surface area contributed by atoms with Gasteiger partial charge in [0.2, 0.25) is 0 Å². The van der Waals surface area contributed by atoms with Crippen molar-refractivity contribution < 1.29 is 16.8 Å². The molecule has 8 heteroatoms. The molecule has 0 fully saturated rings. The quantitative estimate of drug-likeness (QED) is 0.637. The van der Waals surface area contributed by atoms with Crippen molar-refractivity contribution in [1.82, 2.24) is 0 Å². The fraction of sp³-hybridized carbons (Fsp3) is 0.100. The third-order valence-electron chi connectivity index (χ3n) is 4.11. The number of benzene rings is 3. The molecule has 0 bridgehead atoms. The summed E-state index contributed by atoms with van der Waals surface area (Å²) < 4.78 is 55.0. The van der Waals surface area contributed by atoms with Crippen molar-refractivity contribution in [3.63, 3.8) is 0 Å². The number of nitrogens with one attached hydrogen (secondary N) is 2. The lowest BCUT2D eigenvalue weighted by Gasteiger charge is -2.12. The van der Waals surface area contributed by atoms with Crippen molar-refractivity contribution in [1.29, 1.82) is 0 Å². The Morgan fingerprint density at radius 1 is 0.643 bits per heavy atom. The van der Waals surface area contributed by atoms with Gasteiger partial charge in [0.15, 0.2) is 0 Å². The van der Waals surface area contributed by atoms with Gasteiger partial charge in [-0.3, -0.25) is 9.44 Å². The molecule has 28 heavy (non-hydrogen) atoms. The molecule has 2 N–H and O–H groups in total. The standard InChI is InChI=1S/C20H20N2O4S2/c1-15-8-9-16(2)20(14-15)22-28(25,26)19-12-10-17(11-13-19)21-27(23,24)18-6-4-3-5-7-18/h3-14,21-22H,1-2H3. The maximum absolute atomic E-state index is 12.6. The van der Waals surface area contributed by atoms with Crippen molar-refractivity contribution in [3.05, 3.63) is 83.9 Å². The molecule has 3 aromatic carbocycles. The van der Waals surface area contributed by atoms with Gasteiger partial charge in [0.05, 0.1) is 15.5 Å². The van der Waals surface area contributed by atoms with Crippen LogP contribution >= 0.6 is 0 Å². The molecule has 0 aliphatic rings. The number of anilines is 2. The van der Waals surface area contributed by atoms with Gasteiger partial charge in [-0.2, -0.15) is 0 Å². The van der Waals surface area contributed by atoms with E-state index in [2.05, 4.69) is 9.44 Å². The molecular formula is C20H20N2O4S2. The first-order chi connectivity index (χ1) is 13.2. The highest BCUT2D eigenvalue weighted by atomic mass is 32.2. The normalized spacial score (nSPS) is 11.8. The Morgan fingerprint density at radius 2 is 1.21 bits per heavy atom. The third-order valence-corrected chi connectivity index (χ3v) is 6.89. The van der Waals surface area contributed by atoms with Crippen LogP contribution in [-0.2, 0) is 20.0 Å². The molecule has 0 aliphatic heterocycles. The fourth-order valence-electron chi connectivity index (χ4n) is 2.57. The molecule has 146 valence electrons. The molecule has 0 heterocycles. The monoisotopic (exact) mass is 416 g/mol. The van der Waals surface area contributed by atoms with Crippen LogP contribution in [0.15, 0.2) is 82.6 Å². The van der Waals surface area contributed by atoms with Gasteiger partial charge in [0, 0.05) is 5.69 Å². The Hall–Kier alpha value is -2.84. The predicted molar refractivity (Wildman–Crippen MR) is 110 cm³/mol. The summed E-state index contributed by atoms with van der Waals surface area (Å²) in [4.78, 5) is 0.166. The number of sulfonamides is 2. The Bertz CT molecular complexity index is 1190. The first kappa shape index (κ1) is 19.9. The fourth-order valence-corrected chi connectivity index (χ4v) is 4.77. The van der Waals surface area contributed by atoms with E-state index in [1.807, 2.05) is 26.0 Å². The highest BCUT2D eigenvalue weighted by molar-refractivity contribution is 7.93. The highest BCUT2D eigenvalue weighted by Gasteiger charge is 2.17. The maximum atomic E-state index is 12.6. The minimum atomic E-state index is -3.79. The Balaban J connectivity index is 1.81. The Morgan fingerprint density at radius 3 is 1.86 bits per heavy atom. The van der Waals surface area contributed by atoms with Crippen LogP contribution in [0, 0.1) is 13.8 Å². The predicted octanol–water partition coefficient (Wildman–Crippen LogP) is 3.91. The molecule has 0 radical (unpaired) electrons. The minimum Gasteiger partial charge on any atom is -0.280 e. The van der Waals surface area contributed by atoms with E-state index in [1.54, 1.807) is 24.3 Å². The number of hydrogen-bond acceptors (Lipinski definition) is 4. The van der Waals surface area contributed by atoms with Gasteiger partial charge in [0.25, 0.3) is 20.0 Å². The molecule has 0 aromatic heterocycles. The SMILES string of the molecule is Cc1ccc(C)c(NS(=O)(=O)c2ccc(NS(=O)(=O)c3ccccc3)cc2)c1. The zero-order valence-corrected chi connectivity index (χ0v) is 17.0. The molecule has 0 spiro atoms. The van der Waals surface area contributed by atoms with Crippen molar-refractivity contribution in [2.75, 3.05) is 9.44 Å². The maximum Gasteiger partial charge on any atom is 0.261 e. The summed E-state index contributed by atoms with van der Waals surface area (Å²) in [5, 5.41) is 0. The summed E-state index contributed by atoms with van der Waals surface area (Å²) in [5.74, 6) is 0. The zero-order valence-electron chi connectivity index (χ0n) is 15.4. The molecular weight excluding hydrogens is 396 g/mol. The summed E-state index contributed by atoms with van der Waals surface area (Å²) in [6.45, 7) is 3.70. The van der Waals surface area contributed by atoms with Gasteiger partial charge in [-0.25, -0.2) is 16.8 Å². The van der Waals surface area contributed by atoms with Crippen LogP contribution in [-0.4, -0.2) is 16.8 Å². The first-order valence-electron chi connectivity index (χ1n) is 8.45.